The van der Waals surface area contributed by atoms with Gasteiger partial charge in [-0.2, -0.15) is 0 Å². The zero-order valence-electron chi connectivity index (χ0n) is 12.7. The Morgan fingerprint density at radius 2 is 1.64 bits per heavy atom. The normalized spacial score (nSPS) is 10.6. The van der Waals surface area contributed by atoms with Gasteiger partial charge in [0, 0.05) is 4.90 Å². The van der Waals surface area contributed by atoms with Crippen molar-refractivity contribution >= 4 is 46.6 Å². The molecule has 0 aromatic heterocycles. The van der Waals surface area contributed by atoms with E-state index < -0.39 is 0 Å². The van der Waals surface area contributed by atoms with E-state index in [4.69, 9.17) is 23.2 Å². The number of rotatable bonds is 4. The first-order chi connectivity index (χ1) is 10.4. The second-order valence-electron chi connectivity index (χ2n) is 5.16. The Morgan fingerprint density at radius 3 is 2.18 bits per heavy atom. The number of benzene rings is 2. The number of para-hydroxylation sites is 1. The van der Waals surface area contributed by atoms with Crippen LogP contribution in [0.3, 0.4) is 0 Å². The summed E-state index contributed by atoms with van der Waals surface area (Å²) in [7, 11) is 0. The molecular formula is C17H17Cl2NOS. The van der Waals surface area contributed by atoms with Crippen LogP contribution in [0, 0.1) is 20.8 Å². The van der Waals surface area contributed by atoms with Crippen molar-refractivity contribution in [2.75, 3.05) is 11.1 Å². The minimum absolute atomic E-state index is 0.126. The van der Waals surface area contributed by atoms with Crippen molar-refractivity contribution in [3.05, 3.63) is 57.1 Å². The molecule has 0 atom stereocenters. The molecule has 1 N–H and O–H groups in total. The van der Waals surface area contributed by atoms with Crippen LogP contribution < -0.4 is 5.32 Å². The van der Waals surface area contributed by atoms with Crippen LogP contribution in [0.25, 0.3) is 0 Å². The zero-order valence-corrected chi connectivity index (χ0v) is 15.0. The van der Waals surface area contributed by atoms with E-state index >= 15 is 0 Å². The molecule has 0 aliphatic heterocycles. The van der Waals surface area contributed by atoms with Gasteiger partial charge in [0.05, 0.1) is 21.5 Å². The van der Waals surface area contributed by atoms with Gasteiger partial charge in [0.15, 0.2) is 0 Å². The number of anilines is 1. The standard InChI is InChI=1S/C17H17Cl2NOS/c1-10-7-11(2)17(12(3)8-10)22-9-15(21)20-16-13(18)5-4-6-14(16)19/h4-8H,9H2,1-3H3,(H,20,21). The second-order valence-corrected chi connectivity index (χ2v) is 6.96. The van der Waals surface area contributed by atoms with E-state index in [0.29, 0.717) is 21.5 Å². The number of thioether (sulfide) groups is 1. The number of aryl methyl sites for hydroxylation is 3. The van der Waals surface area contributed by atoms with Crippen LogP contribution in [0.5, 0.6) is 0 Å². The van der Waals surface area contributed by atoms with Gasteiger partial charge in [0.2, 0.25) is 5.91 Å². The molecule has 0 spiro atoms. The van der Waals surface area contributed by atoms with E-state index in [9.17, 15) is 4.79 Å². The zero-order chi connectivity index (χ0) is 16.3. The fourth-order valence-electron chi connectivity index (χ4n) is 2.32. The highest BCUT2D eigenvalue weighted by Crippen LogP contribution is 2.31. The molecule has 0 fully saturated rings. The first kappa shape index (κ1) is 17.2. The second kappa shape index (κ2) is 7.40. The van der Waals surface area contributed by atoms with Crippen LogP contribution in [-0.4, -0.2) is 11.7 Å². The third-order valence-electron chi connectivity index (χ3n) is 3.18. The summed E-state index contributed by atoms with van der Waals surface area (Å²) in [6.07, 6.45) is 0. The summed E-state index contributed by atoms with van der Waals surface area (Å²) >= 11 is 13.6. The molecule has 0 heterocycles. The fraction of sp³-hybridized carbons (Fsp3) is 0.235. The molecule has 5 heteroatoms. The molecule has 0 unspecified atom stereocenters. The summed E-state index contributed by atoms with van der Waals surface area (Å²) < 4.78 is 0. The third kappa shape index (κ3) is 4.19. The highest BCUT2D eigenvalue weighted by atomic mass is 35.5. The van der Waals surface area contributed by atoms with Gasteiger partial charge in [-0.15, -0.1) is 11.8 Å². The van der Waals surface area contributed by atoms with Crippen molar-refractivity contribution in [3.63, 3.8) is 0 Å². The lowest BCUT2D eigenvalue weighted by Gasteiger charge is -2.12. The van der Waals surface area contributed by atoms with Gasteiger partial charge in [-0.25, -0.2) is 0 Å². The molecule has 0 radical (unpaired) electrons. The molecule has 116 valence electrons. The molecule has 2 aromatic carbocycles. The maximum absolute atomic E-state index is 12.1. The molecule has 22 heavy (non-hydrogen) atoms. The van der Waals surface area contributed by atoms with Crippen molar-refractivity contribution in [2.24, 2.45) is 0 Å². The van der Waals surface area contributed by atoms with E-state index in [1.165, 1.54) is 28.5 Å². The Hall–Kier alpha value is -1.16. The van der Waals surface area contributed by atoms with E-state index in [-0.39, 0.29) is 5.91 Å². The quantitative estimate of drug-likeness (QED) is 0.719. The Morgan fingerprint density at radius 1 is 1.09 bits per heavy atom. The summed E-state index contributed by atoms with van der Waals surface area (Å²) in [6.45, 7) is 6.19. The average molecular weight is 354 g/mol. The smallest absolute Gasteiger partial charge is 0.234 e. The molecule has 0 aliphatic rings. The van der Waals surface area contributed by atoms with Crippen molar-refractivity contribution in [3.8, 4) is 0 Å². The molecule has 2 rings (SSSR count). The van der Waals surface area contributed by atoms with Crippen molar-refractivity contribution in [2.45, 2.75) is 25.7 Å². The van der Waals surface area contributed by atoms with Gasteiger partial charge in [-0.3, -0.25) is 4.79 Å². The summed E-state index contributed by atoms with van der Waals surface area (Å²) in [4.78, 5) is 13.3. The molecule has 0 saturated heterocycles. The van der Waals surface area contributed by atoms with E-state index in [2.05, 4.69) is 38.2 Å². The van der Waals surface area contributed by atoms with Crippen LogP contribution in [-0.2, 0) is 4.79 Å². The summed E-state index contributed by atoms with van der Waals surface area (Å²) in [6, 6.07) is 9.39. The fourth-order valence-corrected chi connectivity index (χ4v) is 3.74. The molecule has 0 saturated carbocycles. The largest absolute Gasteiger partial charge is 0.323 e. The van der Waals surface area contributed by atoms with Crippen molar-refractivity contribution in [1.29, 1.82) is 0 Å². The lowest BCUT2D eigenvalue weighted by Crippen LogP contribution is -2.15. The predicted octanol–water partition coefficient (Wildman–Crippen LogP) is 5.65. The summed E-state index contributed by atoms with van der Waals surface area (Å²) in [5.74, 6) is 0.186. The lowest BCUT2D eigenvalue weighted by atomic mass is 10.1. The number of halogens is 2. The Kier molecular flexibility index (Phi) is 5.79. The number of hydrogen-bond acceptors (Lipinski definition) is 2. The summed E-state index contributed by atoms with van der Waals surface area (Å²) in [5.41, 5.74) is 4.07. The maximum Gasteiger partial charge on any atom is 0.234 e. The van der Waals surface area contributed by atoms with Crippen molar-refractivity contribution < 1.29 is 4.79 Å². The van der Waals surface area contributed by atoms with Crippen LogP contribution in [0.15, 0.2) is 35.2 Å². The highest BCUT2D eigenvalue weighted by Gasteiger charge is 2.11. The minimum Gasteiger partial charge on any atom is -0.323 e. The average Bonchev–Trinajstić information content (AvgIpc) is 2.42. The van der Waals surface area contributed by atoms with Crippen LogP contribution in [0.1, 0.15) is 16.7 Å². The predicted molar refractivity (Wildman–Crippen MR) is 96.5 cm³/mol. The van der Waals surface area contributed by atoms with Gasteiger partial charge >= 0.3 is 0 Å². The lowest BCUT2D eigenvalue weighted by molar-refractivity contribution is -0.113. The van der Waals surface area contributed by atoms with E-state index in [1.54, 1.807) is 18.2 Å². The van der Waals surface area contributed by atoms with Gasteiger partial charge in [0.1, 0.15) is 0 Å². The maximum atomic E-state index is 12.1. The number of amides is 1. The number of carbonyl (C=O) groups is 1. The number of nitrogens with one attached hydrogen (secondary N) is 1. The molecule has 2 aromatic rings. The monoisotopic (exact) mass is 353 g/mol. The Bertz CT molecular complexity index is 673. The van der Waals surface area contributed by atoms with Crippen molar-refractivity contribution in [1.82, 2.24) is 0 Å². The molecule has 1 amide bonds. The van der Waals surface area contributed by atoms with Crippen LogP contribution >= 0.6 is 35.0 Å². The topological polar surface area (TPSA) is 29.1 Å². The van der Waals surface area contributed by atoms with Crippen LogP contribution in [0.2, 0.25) is 10.0 Å². The van der Waals surface area contributed by atoms with E-state index in [0.717, 1.165) is 4.90 Å². The van der Waals surface area contributed by atoms with Gasteiger partial charge in [-0.05, 0) is 44.0 Å². The van der Waals surface area contributed by atoms with E-state index in [1.807, 2.05) is 0 Å². The van der Waals surface area contributed by atoms with Gasteiger partial charge in [0.25, 0.3) is 0 Å². The molecule has 0 bridgehead atoms. The first-order valence-electron chi connectivity index (χ1n) is 6.83. The summed E-state index contributed by atoms with van der Waals surface area (Å²) in [5, 5.41) is 3.65. The number of carbonyl (C=O) groups excluding carboxylic acids is 1. The number of hydrogen-bond donors (Lipinski definition) is 1. The Labute approximate surface area is 145 Å². The molecular weight excluding hydrogens is 337 g/mol. The first-order valence-corrected chi connectivity index (χ1v) is 8.57. The van der Waals surface area contributed by atoms with Gasteiger partial charge in [-0.1, -0.05) is 47.0 Å². The highest BCUT2D eigenvalue weighted by molar-refractivity contribution is 8.00. The minimum atomic E-state index is -0.126. The third-order valence-corrected chi connectivity index (χ3v) is 5.15. The Balaban J connectivity index is 2.05. The van der Waals surface area contributed by atoms with Crippen LogP contribution in [0.4, 0.5) is 5.69 Å². The van der Waals surface area contributed by atoms with Gasteiger partial charge < -0.3 is 5.32 Å². The molecule has 2 nitrogen and oxygen atoms in total. The SMILES string of the molecule is Cc1cc(C)c(SCC(=O)Nc2c(Cl)cccc2Cl)c(C)c1. The molecule has 0 aliphatic carbocycles.